The average molecular weight is 140 g/mol. The predicted molar refractivity (Wildman–Crippen MR) is 44.8 cm³/mol. The smallest absolute Gasteiger partial charge is 0.103 e. The largest absolute Gasteiger partial charge is 0.326 e. The third kappa shape index (κ3) is 1.10. The van der Waals surface area contributed by atoms with E-state index in [4.69, 9.17) is 0 Å². The number of nitrogens with zero attached hydrogens (tertiary/aromatic N) is 1. The molecule has 0 saturated heterocycles. The Kier molecular flexibility index (Phi) is 1.63. The Morgan fingerprint density at radius 2 is 1.90 bits per heavy atom. The SMILES string of the molecule is C=CCC1([N+](C)(C)C)CC1. The van der Waals surface area contributed by atoms with Gasteiger partial charge in [0.25, 0.3) is 0 Å². The second-order valence-corrected chi connectivity index (χ2v) is 4.23. The van der Waals surface area contributed by atoms with E-state index in [1.54, 1.807) is 0 Å². The number of quaternary nitrogens is 1. The van der Waals surface area contributed by atoms with Crippen molar-refractivity contribution in [3.63, 3.8) is 0 Å². The van der Waals surface area contributed by atoms with Gasteiger partial charge in [-0.2, -0.15) is 0 Å². The minimum absolute atomic E-state index is 0.557. The summed E-state index contributed by atoms with van der Waals surface area (Å²) in [7, 11) is 6.82. The van der Waals surface area contributed by atoms with Gasteiger partial charge in [-0.1, -0.05) is 6.08 Å². The fourth-order valence-corrected chi connectivity index (χ4v) is 1.56. The normalized spacial score (nSPS) is 22.3. The molecule has 10 heavy (non-hydrogen) atoms. The first-order valence-corrected chi connectivity index (χ1v) is 3.94. The first kappa shape index (κ1) is 7.80. The summed E-state index contributed by atoms with van der Waals surface area (Å²) in [6, 6.07) is 0. The highest BCUT2D eigenvalue weighted by atomic mass is 15.4. The van der Waals surface area contributed by atoms with Gasteiger partial charge in [0.05, 0.1) is 21.1 Å². The minimum atomic E-state index is 0.557. The van der Waals surface area contributed by atoms with Crippen LogP contribution >= 0.6 is 0 Å². The summed E-state index contributed by atoms with van der Waals surface area (Å²) in [4.78, 5) is 0. The summed E-state index contributed by atoms with van der Waals surface area (Å²) in [6.07, 6.45) is 5.98. The molecule has 1 heteroatoms. The van der Waals surface area contributed by atoms with Crippen molar-refractivity contribution in [2.75, 3.05) is 21.1 Å². The highest BCUT2D eigenvalue weighted by Gasteiger charge is 2.52. The van der Waals surface area contributed by atoms with Crippen LogP contribution in [0.15, 0.2) is 12.7 Å². The second-order valence-electron chi connectivity index (χ2n) is 4.23. The average Bonchev–Trinajstić information content (AvgIpc) is 2.45. The molecule has 58 valence electrons. The zero-order valence-corrected chi connectivity index (χ0v) is 7.35. The molecule has 0 unspecified atom stereocenters. The van der Waals surface area contributed by atoms with E-state index in [0.717, 1.165) is 4.48 Å². The van der Waals surface area contributed by atoms with E-state index < -0.39 is 0 Å². The Bertz CT molecular complexity index is 137. The summed E-state index contributed by atoms with van der Waals surface area (Å²) < 4.78 is 1.10. The van der Waals surface area contributed by atoms with Crippen LogP contribution in [0.1, 0.15) is 19.3 Å². The van der Waals surface area contributed by atoms with Crippen LogP contribution in [0, 0.1) is 0 Å². The molecule has 0 aromatic rings. The van der Waals surface area contributed by atoms with E-state index in [2.05, 4.69) is 33.8 Å². The summed E-state index contributed by atoms with van der Waals surface area (Å²) in [6.45, 7) is 3.79. The molecule has 0 radical (unpaired) electrons. The molecule has 0 spiro atoms. The van der Waals surface area contributed by atoms with Crippen LogP contribution in [-0.4, -0.2) is 31.2 Å². The molecular weight excluding hydrogens is 122 g/mol. The van der Waals surface area contributed by atoms with Crippen LogP contribution in [0.4, 0.5) is 0 Å². The third-order valence-corrected chi connectivity index (χ3v) is 2.77. The third-order valence-electron chi connectivity index (χ3n) is 2.77. The Morgan fingerprint density at radius 1 is 1.40 bits per heavy atom. The van der Waals surface area contributed by atoms with Crippen molar-refractivity contribution >= 4 is 0 Å². The molecule has 0 aromatic carbocycles. The van der Waals surface area contributed by atoms with Crippen LogP contribution in [0.5, 0.6) is 0 Å². The monoisotopic (exact) mass is 140 g/mol. The van der Waals surface area contributed by atoms with Crippen LogP contribution in [0.2, 0.25) is 0 Å². The van der Waals surface area contributed by atoms with Gasteiger partial charge in [0.1, 0.15) is 5.54 Å². The molecular formula is C9H18N+. The topological polar surface area (TPSA) is 0 Å². The summed E-state index contributed by atoms with van der Waals surface area (Å²) in [5, 5.41) is 0. The number of rotatable bonds is 3. The Balaban J connectivity index is 2.60. The molecule has 1 nitrogen and oxygen atoms in total. The Labute approximate surface area is 63.9 Å². The van der Waals surface area contributed by atoms with Gasteiger partial charge >= 0.3 is 0 Å². The van der Waals surface area contributed by atoms with Crippen molar-refractivity contribution in [3.8, 4) is 0 Å². The van der Waals surface area contributed by atoms with Gasteiger partial charge in [-0.15, -0.1) is 6.58 Å². The lowest BCUT2D eigenvalue weighted by molar-refractivity contribution is -0.907. The zero-order chi connectivity index (χ0) is 7.83. The van der Waals surface area contributed by atoms with Gasteiger partial charge in [0.2, 0.25) is 0 Å². The Hall–Kier alpha value is -0.300. The second kappa shape index (κ2) is 2.09. The van der Waals surface area contributed by atoms with E-state index in [1.807, 2.05) is 0 Å². The molecule has 1 aliphatic rings. The van der Waals surface area contributed by atoms with Crippen molar-refractivity contribution in [3.05, 3.63) is 12.7 Å². The Morgan fingerprint density at radius 3 is 2.00 bits per heavy atom. The highest BCUT2D eigenvalue weighted by Crippen LogP contribution is 2.46. The first-order valence-electron chi connectivity index (χ1n) is 3.94. The molecule has 0 amide bonds. The fourth-order valence-electron chi connectivity index (χ4n) is 1.56. The standard InChI is InChI=1S/C9H18N/c1-5-6-9(7-8-9)10(2,3)4/h5H,1,6-8H2,2-4H3/q+1. The van der Waals surface area contributed by atoms with E-state index in [1.165, 1.54) is 19.3 Å². The molecule has 1 fully saturated rings. The summed E-state index contributed by atoms with van der Waals surface area (Å²) in [5.41, 5.74) is 0.557. The molecule has 0 N–H and O–H groups in total. The molecule has 1 saturated carbocycles. The van der Waals surface area contributed by atoms with Crippen molar-refractivity contribution < 1.29 is 4.48 Å². The van der Waals surface area contributed by atoms with Crippen LogP contribution in [0.25, 0.3) is 0 Å². The van der Waals surface area contributed by atoms with Crippen LogP contribution in [0.3, 0.4) is 0 Å². The lowest BCUT2D eigenvalue weighted by atomic mass is 10.1. The highest BCUT2D eigenvalue weighted by molar-refractivity contribution is 4.99. The molecule has 1 rings (SSSR count). The van der Waals surface area contributed by atoms with Crippen LogP contribution in [-0.2, 0) is 0 Å². The van der Waals surface area contributed by atoms with Gasteiger partial charge in [0, 0.05) is 19.3 Å². The van der Waals surface area contributed by atoms with Gasteiger partial charge < -0.3 is 4.48 Å². The van der Waals surface area contributed by atoms with Crippen molar-refractivity contribution in [1.82, 2.24) is 0 Å². The molecule has 0 aromatic heterocycles. The maximum absolute atomic E-state index is 3.79. The van der Waals surface area contributed by atoms with E-state index >= 15 is 0 Å². The van der Waals surface area contributed by atoms with E-state index in [-0.39, 0.29) is 0 Å². The van der Waals surface area contributed by atoms with Gasteiger partial charge in [-0.25, -0.2) is 0 Å². The lowest BCUT2D eigenvalue weighted by Gasteiger charge is -2.34. The first-order chi connectivity index (χ1) is 4.52. The lowest BCUT2D eigenvalue weighted by Crippen LogP contribution is -2.46. The summed E-state index contributed by atoms with van der Waals surface area (Å²) >= 11 is 0. The maximum Gasteiger partial charge on any atom is 0.103 e. The molecule has 0 bridgehead atoms. The van der Waals surface area contributed by atoms with Gasteiger partial charge in [-0.05, 0) is 0 Å². The molecule has 0 heterocycles. The molecule has 0 aliphatic heterocycles. The predicted octanol–water partition coefficient (Wildman–Crippen LogP) is 1.80. The van der Waals surface area contributed by atoms with E-state index in [0.29, 0.717) is 5.54 Å². The zero-order valence-electron chi connectivity index (χ0n) is 7.35. The fraction of sp³-hybridized carbons (Fsp3) is 0.778. The van der Waals surface area contributed by atoms with Crippen molar-refractivity contribution in [2.24, 2.45) is 0 Å². The number of hydrogen-bond acceptors (Lipinski definition) is 0. The van der Waals surface area contributed by atoms with E-state index in [9.17, 15) is 0 Å². The van der Waals surface area contributed by atoms with Crippen LogP contribution < -0.4 is 0 Å². The molecule has 1 aliphatic carbocycles. The van der Waals surface area contributed by atoms with Gasteiger partial charge in [-0.3, -0.25) is 0 Å². The maximum atomic E-state index is 3.79. The summed E-state index contributed by atoms with van der Waals surface area (Å²) in [5.74, 6) is 0. The van der Waals surface area contributed by atoms with Crippen molar-refractivity contribution in [1.29, 1.82) is 0 Å². The van der Waals surface area contributed by atoms with Gasteiger partial charge in [0.15, 0.2) is 0 Å². The minimum Gasteiger partial charge on any atom is -0.326 e. The van der Waals surface area contributed by atoms with Crippen molar-refractivity contribution in [2.45, 2.75) is 24.8 Å². The number of hydrogen-bond donors (Lipinski definition) is 0. The molecule has 0 atom stereocenters. The quantitative estimate of drug-likeness (QED) is 0.414.